The van der Waals surface area contributed by atoms with Gasteiger partial charge in [0, 0.05) is 23.5 Å². The number of rotatable bonds is 7. The molecule has 0 saturated carbocycles. The molecule has 1 aliphatic rings. The van der Waals surface area contributed by atoms with Gasteiger partial charge in [0.1, 0.15) is 6.61 Å². The fourth-order valence-electron chi connectivity index (χ4n) is 3.19. The molecule has 2 aromatic rings. The molecule has 0 fully saturated rings. The molecule has 1 aliphatic heterocycles. The number of aromatic nitrogens is 1. The number of para-hydroxylation sites is 1. The molecule has 28 heavy (non-hydrogen) atoms. The van der Waals surface area contributed by atoms with Gasteiger partial charge in [-0.25, -0.2) is 9.59 Å². The van der Waals surface area contributed by atoms with Crippen LogP contribution in [0.15, 0.2) is 41.7 Å². The molecule has 8 heteroatoms. The van der Waals surface area contributed by atoms with Gasteiger partial charge < -0.3 is 25.1 Å². The zero-order valence-electron chi connectivity index (χ0n) is 15.8. The second-order valence-electron chi connectivity index (χ2n) is 6.45. The van der Waals surface area contributed by atoms with Crippen LogP contribution in [0.4, 0.5) is 4.79 Å². The lowest BCUT2D eigenvalue weighted by atomic mass is 10.0. The summed E-state index contributed by atoms with van der Waals surface area (Å²) in [5.41, 5.74) is 2.55. The highest BCUT2D eigenvalue weighted by molar-refractivity contribution is 5.94. The first kappa shape index (κ1) is 19.5. The van der Waals surface area contributed by atoms with E-state index in [0.29, 0.717) is 6.42 Å². The molecule has 0 spiro atoms. The normalized spacial score (nSPS) is 16.5. The number of benzene rings is 1. The van der Waals surface area contributed by atoms with Crippen molar-refractivity contribution >= 4 is 28.9 Å². The Morgan fingerprint density at radius 1 is 1.18 bits per heavy atom. The zero-order chi connectivity index (χ0) is 20.1. The summed E-state index contributed by atoms with van der Waals surface area (Å²) in [5.74, 6) is -0.964. The molecule has 1 aromatic carbocycles. The van der Waals surface area contributed by atoms with Crippen molar-refractivity contribution in [2.24, 2.45) is 0 Å². The van der Waals surface area contributed by atoms with Crippen LogP contribution in [0.3, 0.4) is 0 Å². The molecule has 2 amide bonds. The minimum Gasteiger partial charge on any atom is -0.463 e. The third-order valence-corrected chi connectivity index (χ3v) is 4.52. The number of esters is 2. The fraction of sp³-hybridized carbons (Fsp3) is 0.350. The van der Waals surface area contributed by atoms with Crippen LogP contribution in [-0.4, -0.2) is 42.2 Å². The SMILES string of the molecule is CCOC(=O)C1=C(COC(=O)CCc2c[nH]c3ccccc23)NC(=O)N[C@@H]1C. The highest BCUT2D eigenvalue weighted by Gasteiger charge is 2.30. The van der Waals surface area contributed by atoms with Crippen molar-refractivity contribution in [1.29, 1.82) is 0 Å². The van der Waals surface area contributed by atoms with E-state index >= 15 is 0 Å². The van der Waals surface area contributed by atoms with Gasteiger partial charge in [-0.3, -0.25) is 4.79 Å². The van der Waals surface area contributed by atoms with Gasteiger partial charge in [-0.05, 0) is 31.9 Å². The number of urea groups is 1. The summed E-state index contributed by atoms with van der Waals surface area (Å²) < 4.78 is 10.3. The van der Waals surface area contributed by atoms with E-state index in [0.717, 1.165) is 16.5 Å². The Labute approximate surface area is 162 Å². The minimum absolute atomic E-state index is 0.186. The second-order valence-corrected chi connectivity index (χ2v) is 6.45. The molecule has 2 heterocycles. The standard InChI is InChI=1S/C20H23N3O5/c1-3-27-19(25)18-12(2)22-20(26)23-16(18)11-28-17(24)9-8-13-10-21-15-7-5-4-6-14(13)15/h4-7,10,12,21H,3,8-9,11H2,1-2H3,(H2,22,23,26)/t12-/m1/s1. The zero-order valence-corrected chi connectivity index (χ0v) is 15.8. The van der Waals surface area contributed by atoms with Crippen LogP contribution in [0.1, 0.15) is 25.8 Å². The molecular weight excluding hydrogens is 362 g/mol. The lowest BCUT2D eigenvalue weighted by Gasteiger charge is -2.26. The van der Waals surface area contributed by atoms with E-state index in [-0.39, 0.29) is 30.9 Å². The second kappa shape index (κ2) is 8.60. The van der Waals surface area contributed by atoms with Gasteiger partial charge in [-0.1, -0.05) is 18.2 Å². The molecule has 1 atom stereocenters. The molecule has 8 nitrogen and oxygen atoms in total. The predicted molar refractivity (Wildman–Crippen MR) is 102 cm³/mol. The number of fused-ring (bicyclic) bond motifs is 1. The van der Waals surface area contributed by atoms with E-state index in [1.165, 1.54) is 0 Å². The molecule has 0 radical (unpaired) electrons. The molecule has 3 rings (SSSR count). The van der Waals surface area contributed by atoms with Crippen molar-refractivity contribution in [2.75, 3.05) is 13.2 Å². The van der Waals surface area contributed by atoms with E-state index < -0.39 is 24.0 Å². The van der Waals surface area contributed by atoms with E-state index in [1.54, 1.807) is 13.8 Å². The van der Waals surface area contributed by atoms with Crippen molar-refractivity contribution in [3.63, 3.8) is 0 Å². The van der Waals surface area contributed by atoms with Gasteiger partial charge >= 0.3 is 18.0 Å². The third-order valence-electron chi connectivity index (χ3n) is 4.52. The predicted octanol–water partition coefficient (Wildman–Crippen LogP) is 2.16. The van der Waals surface area contributed by atoms with Crippen LogP contribution < -0.4 is 10.6 Å². The Hall–Kier alpha value is -3.29. The van der Waals surface area contributed by atoms with Gasteiger partial charge in [0.05, 0.1) is 23.9 Å². The monoisotopic (exact) mass is 385 g/mol. The van der Waals surface area contributed by atoms with Crippen molar-refractivity contribution in [1.82, 2.24) is 15.6 Å². The molecule has 1 aromatic heterocycles. The van der Waals surface area contributed by atoms with Gasteiger partial charge in [-0.15, -0.1) is 0 Å². The summed E-state index contributed by atoms with van der Waals surface area (Å²) in [6.45, 7) is 3.38. The maximum absolute atomic E-state index is 12.2. The Bertz CT molecular complexity index is 931. The Balaban J connectivity index is 1.62. The summed E-state index contributed by atoms with van der Waals surface area (Å²) in [6, 6.07) is 6.87. The molecule has 148 valence electrons. The average Bonchev–Trinajstić information content (AvgIpc) is 3.07. The number of nitrogens with one attached hydrogen (secondary N) is 3. The lowest BCUT2D eigenvalue weighted by Crippen LogP contribution is -2.50. The van der Waals surface area contributed by atoms with Crippen molar-refractivity contribution in [3.05, 3.63) is 47.3 Å². The van der Waals surface area contributed by atoms with Crippen LogP contribution in [-0.2, 0) is 25.5 Å². The van der Waals surface area contributed by atoms with Gasteiger partial charge in [-0.2, -0.15) is 0 Å². The first-order valence-corrected chi connectivity index (χ1v) is 9.18. The maximum Gasteiger partial charge on any atom is 0.338 e. The summed E-state index contributed by atoms with van der Waals surface area (Å²) in [5, 5.41) is 6.20. The summed E-state index contributed by atoms with van der Waals surface area (Å²) >= 11 is 0. The molecule has 0 aliphatic carbocycles. The highest BCUT2D eigenvalue weighted by atomic mass is 16.5. The Morgan fingerprint density at radius 2 is 1.96 bits per heavy atom. The van der Waals surface area contributed by atoms with Crippen molar-refractivity contribution in [3.8, 4) is 0 Å². The minimum atomic E-state index is -0.549. The van der Waals surface area contributed by atoms with Crippen molar-refractivity contribution in [2.45, 2.75) is 32.7 Å². The van der Waals surface area contributed by atoms with Crippen molar-refractivity contribution < 1.29 is 23.9 Å². The van der Waals surface area contributed by atoms with Gasteiger partial charge in [0.15, 0.2) is 0 Å². The smallest absolute Gasteiger partial charge is 0.338 e. The van der Waals surface area contributed by atoms with E-state index in [1.807, 2.05) is 30.5 Å². The maximum atomic E-state index is 12.2. The largest absolute Gasteiger partial charge is 0.463 e. The molecule has 3 N–H and O–H groups in total. The van der Waals surface area contributed by atoms with E-state index in [4.69, 9.17) is 9.47 Å². The molecule has 0 unspecified atom stereocenters. The Kier molecular flexibility index (Phi) is 5.98. The fourth-order valence-corrected chi connectivity index (χ4v) is 3.19. The topological polar surface area (TPSA) is 110 Å². The molecule has 0 bridgehead atoms. The summed E-state index contributed by atoms with van der Waals surface area (Å²) in [7, 11) is 0. The number of hydrogen-bond donors (Lipinski definition) is 3. The number of amides is 2. The van der Waals surface area contributed by atoms with E-state index in [2.05, 4.69) is 15.6 Å². The number of ether oxygens (including phenoxy) is 2. The number of aromatic amines is 1. The first-order chi connectivity index (χ1) is 13.5. The number of H-pyrrole nitrogens is 1. The highest BCUT2D eigenvalue weighted by Crippen LogP contribution is 2.19. The quantitative estimate of drug-likeness (QED) is 0.633. The number of aryl methyl sites for hydroxylation is 1. The van der Waals surface area contributed by atoms with E-state index in [9.17, 15) is 14.4 Å². The van der Waals surface area contributed by atoms with Crippen LogP contribution in [0, 0.1) is 0 Å². The number of carbonyl (C=O) groups excluding carboxylic acids is 3. The van der Waals surface area contributed by atoms with Crippen LogP contribution >= 0.6 is 0 Å². The summed E-state index contributed by atoms with van der Waals surface area (Å²) in [6.07, 6.45) is 2.59. The van der Waals surface area contributed by atoms with Crippen LogP contribution in [0.25, 0.3) is 10.9 Å². The Morgan fingerprint density at radius 3 is 2.75 bits per heavy atom. The van der Waals surface area contributed by atoms with Crippen LogP contribution in [0.2, 0.25) is 0 Å². The number of hydrogen-bond acceptors (Lipinski definition) is 5. The summed E-state index contributed by atoms with van der Waals surface area (Å²) in [4.78, 5) is 39.2. The van der Waals surface area contributed by atoms with Crippen LogP contribution in [0.5, 0.6) is 0 Å². The lowest BCUT2D eigenvalue weighted by molar-refractivity contribution is -0.143. The molecule has 0 saturated heterocycles. The molecular formula is C20H23N3O5. The number of carbonyl (C=O) groups is 3. The van der Waals surface area contributed by atoms with Gasteiger partial charge in [0.2, 0.25) is 0 Å². The average molecular weight is 385 g/mol. The van der Waals surface area contributed by atoms with Gasteiger partial charge in [0.25, 0.3) is 0 Å². The first-order valence-electron chi connectivity index (χ1n) is 9.18. The third kappa shape index (κ3) is 4.33.